The first-order valence-electron chi connectivity index (χ1n) is 6.50. The number of aromatic nitrogens is 2. The fourth-order valence-corrected chi connectivity index (χ4v) is 2.22. The lowest BCUT2D eigenvalue weighted by atomic mass is 10.1. The van der Waals surface area contributed by atoms with Crippen LogP contribution in [-0.2, 0) is 6.54 Å². The fourth-order valence-electron chi connectivity index (χ4n) is 2.22. The molecule has 0 amide bonds. The van der Waals surface area contributed by atoms with Crippen LogP contribution < -0.4 is 0 Å². The van der Waals surface area contributed by atoms with Crippen molar-refractivity contribution >= 4 is 0 Å². The van der Waals surface area contributed by atoms with Crippen molar-refractivity contribution in [3.05, 3.63) is 66.7 Å². The topological polar surface area (TPSA) is 17.8 Å². The monoisotopic (exact) mass is 258 g/mol. The summed E-state index contributed by atoms with van der Waals surface area (Å²) in [6, 6.07) is 22.4. The lowest BCUT2D eigenvalue weighted by molar-refractivity contribution is 0.726. The molecular weight excluding hydrogens is 244 g/mol. The Kier molecular flexibility index (Phi) is 3.34. The second-order valence-electron chi connectivity index (χ2n) is 4.51. The van der Waals surface area contributed by atoms with E-state index in [1.807, 2.05) is 41.1 Å². The third kappa shape index (κ3) is 2.34. The van der Waals surface area contributed by atoms with Crippen molar-refractivity contribution in [1.82, 2.24) is 9.78 Å². The predicted molar refractivity (Wildman–Crippen MR) is 81.9 cm³/mol. The quantitative estimate of drug-likeness (QED) is 0.652. The molecule has 0 saturated carbocycles. The van der Waals surface area contributed by atoms with E-state index < -0.39 is 0 Å². The van der Waals surface area contributed by atoms with Crippen LogP contribution >= 0.6 is 0 Å². The molecule has 0 fully saturated rings. The molecule has 1 heterocycles. The summed E-state index contributed by atoms with van der Waals surface area (Å²) in [5.74, 6) is 2.66. The van der Waals surface area contributed by atoms with Gasteiger partial charge in [0.2, 0.25) is 0 Å². The highest BCUT2D eigenvalue weighted by Gasteiger charge is 2.10. The van der Waals surface area contributed by atoms with Gasteiger partial charge in [-0.2, -0.15) is 5.10 Å². The second kappa shape index (κ2) is 5.46. The maximum Gasteiger partial charge on any atom is 0.102 e. The Labute approximate surface area is 118 Å². The van der Waals surface area contributed by atoms with Crippen molar-refractivity contribution in [3.8, 4) is 34.9 Å². The minimum absolute atomic E-state index is 0.469. The van der Waals surface area contributed by atoms with Crippen LogP contribution in [0.5, 0.6) is 0 Å². The van der Waals surface area contributed by atoms with Gasteiger partial charge in [-0.1, -0.05) is 66.6 Å². The number of rotatable bonds is 3. The SMILES string of the molecule is C#CCn1nc(-c2ccccc2)cc1-c1ccccc1. The zero-order chi connectivity index (χ0) is 13.8. The molecule has 0 radical (unpaired) electrons. The third-order valence-electron chi connectivity index (χ3n) is 3.16. The van der Waals surface area contributed by atoms with Gasteiger partial charge in [0.05, 0.1) is 11.4 Å². The summed E-state index contributed by atoms with van der Waals surface area (Å²) in [4.78, 5) is 0. The molecule has 0 saturated heterocycles. The van der Waals surface area contributed by atoms with Crippen molar-refractivity contribution in [1.29, 1.82) is 0 Å². The van der Waals surface area contributed by atoms with Gasteiger partial charge in [-0.05, 0) is 11.6 Å². The summed E-state index contributed by atoms with van der Waals surface area (Å²) in [6.07, 6.45) is 5.44. The van der Waals surface area contributed by atoms with E-state index >= 15 is 0 Å². The summed E-state index contributed by atoms with van der Waals surface area (Å²) in [6.45, 7) is 0.469. The minimum atomic E-state index is 0.469. The molecule has 0 unspecified atom stereocenters. The van der Waals surface area contributed by atoms with E-state index in [0.717, 1.165) is 22.5 Å². The number of nitrogens with zero attached hydrogens (tertiary/aromatic N) is 2. The van der Waals surface area contributed by atoms with E-state index in [-0.39, 0.29) is 0 Å². The molecule has 0 aliphatic carbocycles. The molecular formula is C18H14N2. The zero-order valence-electron chi connectivity index (χ0n) is 11.0. The molecule has 96 valence electrons. The number of hydrogen-bond donors (Lipinski definition) is 0. The Balaban J connectivity index is 2.11. The zero-order valence-corrected chi connectivity index (χ0v) is 11.0. The molecule has 3 rings (SSSR count). The number of benzene rings is 2. The van der Waals surface area contributed by atoms with E-state index in [1.165, 1.54) is 0 Å². The minimum Gasteiger partial charge on any atom is -0.252 e. The van der Waals surface area contributed by atoms with Gasteiger partial charge in [0.25, 0.3) is 0 Å². The molecule has 0 aliphatic rings. The Morgan fingerprint density at radius 3 is 2.10 bits per heavy atom. The molecule has 20 heavy (non-hydrogen) atoms. The van der Waals surface area contributed by atoms with E-state index in [2.05, 4.69) is 41.4 Å². The highest BCUT2D eigenvalue weighted by Crippen LogP contribution is 2.25. The Morgan fingerprint density at radius 1 is 0.900 bits per heavy atom. The highest BCUT2D eigenvalue weighted by atomic mass is 15.3. The summed E-state index contributed by atoms with van der Waals surface area (Å²) >= 11 is 0. The first-order valence-corrected chi connectivity index (χ1v) is 6.50. The van der Waals surface area contributed by atoms with Crippen molar-refractivity contribution in [2.45, 2.75) is 6.54 Å². The molecule has 2 heteroatoms. The largest absolute Gasteiger partial charge is 0.252 e. The van der Waals surface area contributed by atoms with Crippen LogP contribution in [0, 0.1) is 12.3 Å². The Morgan fingerprint density at radius 2 is 1.50 bits per heavy atom. The molecule has 0 spiro atoms. The standard InChI is InChI=1S/C18H14N2/c1-2-13-20-18(16-11-7-4-8-12-16)14-17(19-20)15-9-5-3-6-10-15/h1,3-12,14H,13H2. The van der Waals surface area contributed by atoms with Crippen LogP contribution in [0.3, 0.4) is 0 Å². The molecule has 1 aromatic heterocycles. The lowest BCUT2D eigenvalue weighted by Gasteiger charge is -2.03. The molecule has 2 aromatic carbocycles. The van der Waals surface area contributed by atoms with Gasteiger partial charge in [-0.3, -0.25) is 4.68 Å². The summed E-state index contributed by atoms with van der Waals surface area (Å²) < 4.78 is 1.87. The van der Waals surface area contributed by atoms with Crippen LogP contribution in [-0.4, -0.2) is 9.78 Å². The van der Waals surface area contributed by atoms with E-state index in [1.54, 1.807) is 0 Å². The van der Waals surface area contributed by atoms with Gasteiger partial charge in [-0.15, -0.1) is 6.42 Å². The number of terminal acetylenes is 1. The maximum atomic E-state index is 5.44. The fraction of sp³-hybridized carbons (Fsp3) is 0.0556. The Hall–Kier alpha value is -2.79. The molecule has 0 aliphatic heterocycles. The highest BCUT2D eigenvalue weighted by molar-refractivity contribution is 5.68. The molecule has 0 bridgehead atoms. The van der Waals surface area contributed by atoms with Crippen LogP contribution in [0.1, 0.15) is 0 Å². The predicted octanol–water partition coefficient (Wildman–Crippen LogP) is 3.85. The summed E-state index contributed by atoms with van der Waals surface area (Å²) in [5, 5.41) is 4.62. The normalized spacial score (nSPS) is 10.2. The number of hydrogen-bond acceptors (Lipinski definition) is 1. The van der Waals surface area contributed by atoms with Gasteiger partial charge in [0.1, 0.15) is 6.54 Å². The third-order valence-corrected chi connectivity index (χ3v) is 3.16. The van der Waals surface area contributed by atoms with Crippen LogP contribution in [0.4, 0.5) is 0 Å². The Bertz CT molecular complexity index is 734. The first kappa shape index (κ1) is 12.3. The van der Waals surface area contributed by atoms with E-state index in [9.17, 15) is 0 Å². The average molecular weight is 258 g/mol. The van der Waals surface area contributed by atoms with Crippen LogP contribution in [0.25, 0.3) is 22.5 Å². The molecule has 2 nitrogen and oxygen atoms in total. The average Bonchev–Trinajstić information content (AvgIpc) is 2.94. The van der Waals surface area contributed by atoms with Gasteiger partial charge in [0, 0.05) is 5.56 Å². The summed E-state index contributed by atoms with van der Waals surface area (Å²) in [5.41, 5.74) is 4.21. The molecule has 0 atom stereocenters. The van der Waals surface area contributed by atoms with Gasteiger partial charge in [0.15, 0.2) is 0 Å². The second-order valence-corrected chi connectivity index (χ2v) is 4.51. The van der Waals surface area contributed by atoms with Crippen molar-refractivity contribution < 1.29 is 0 Å². The van der Waals surface area contributed by atoms with Crippen LogP contribution in [0.15, 0.2) is 66.7 Å². The lowest BCUT2D eigenvalue weighted by Crippen LogP contribution is -2.00. The first-order chi connectivity index (χ1) is 9.88. The maximum absolute atomic E-state index is 5.44. The van der Waals surface area contributed by atoms with Gasteiger partial charge < -0.3 is 0 Å². The van der Waals surface area contributed by atoms with E-state index in [4.69, 9.17) is 6.42 Å². The van der Waals surface area contributed by atoms with Crippen LogP contribution in [0.2, 0.25) is 0 Å². The van der Waals surface area contributed by atoms with Crippen molar-refractivity contribution in [2.24, 2.45) is 0 Å². The van der Waals surface area contributed by atoms with Gasteiger partial charge in [-0.25, -0.2) is 0 Å². The van der Waals surface area contributed by atoms with Crippen molar-refractivity contribution in [2.75, 3.05) is 0 Å². The van der Waals surface area contributed by atoms with Crippen molar-refractivity contribution in [3.63, 3.8) is 0 Å². The molecule has 0 N–H and O–H groups in total. The smallest absolute Gasteiger partial charge is 0.102 e. The summed E-state index contributed by atoms with van der Waals surface area (Å²) in [7, 11) is 0. The van der Waals surface area contributed by atoms with Gasteiger partial charge >= 0.3 is 0 Å². The molecule has 3 aromatic rings. The van der Waals surface area contributed by atoms with E-state index in [0.29, 0.717) is 6.54 Å².